The topological polar surface area (TPSA) is 64.0 Å². The second-order valence-electron chi connectivity index (χ2n) is 5.58. The smallest absolute Gasteiger partial charge is 0.325 e. The van der Waals surface area contributed by atoms with Crippen molar-refractivity contribution in [2.45, 2.75) is 12.7 Å². The molecule has 1 heterocycles. The highest BCUT2D eigenvalue weighted by molar-refractivity contribution is 6.31. The first-order valence-corrected chi connectivity index (χ1v) is 8.22. The van der Waals surface area contributed by atoms with Crippen molar-refractivity contribution in [1.29, 1.82) is 0 Å². The fourth-order valence-corrected chi connectivity index (χ4v) is 2.82. The highest BCUT2D eigenvalue weighted by Crippen LogP contribution is 2.36. The Morgan fingerprint density at radius 2 is 1.89 bits per heavy atom. The van der Waals surface area contributed by atoms with E-state index in [0.29, 0.717) is 10.5 Å². The number of benzene rings is 2. The lowest BCUT2D eigenvalue weighted by Gasteiger charge is -2.12. The number of hydrogen-bond acceptors (Lipinski definition) is 3. The van der Waals surface area contributed by atoms with Gasteiger partial charge in [-0.15, -0.1) is 0 Å². The van der Waals surface area contributed by atoms with Crippen LogP contribution in [-0.4, -0.2) is 15.5 Å². The van der Waals surface area contributed by atoms with Gasteiger partial charge in [0.25, 0.3) is 5.56 Å². The van der Waals surface area contributed by atoms with E-state index in [1.807, 2.05) is 0 Å². The number of anilines is 1. The van der Waals surface area contributed by atoms with Crippen molar-refractivity contribution in [3.05, 3.63) is 68.7 Å². The highest BCUT2D eigenvalue weighted by Gasteiger charge is 2.33. The molecule has 140 valence electrons. The molecule has 2 aromatic carbocycles. The molecule has 0 radical (unpaired) electrons. The zero-order valence-electron chi connectivity index (χ0n) is 13.3. The lowest BCUT2D eigenvalue weighted by molar-refractivity contribution is -0.137. The molecule has 1 amide bonds. The van der Waals surface area contributed by atoms with E-state index >= 15 is 0 Å². The van der Waals surface area contributed by atoms with Crippen molar-refractivity contribution in [2.24, 2.45) is 0 Å². The van der Waals surface area contributed by atoms with Crippen LogP contribution < -0.4 is 10.9 Å². The molecule has 0 saturated carbocycles. The van der Waals surface area contributed by atoms with E-state index in [0.717, 1.165) is 16.7 Å². The summed E-state index contributed by atoms with van der Waals surface area (Å²) in [6.45, 7) is -0.432. The van der Waals surface area contributed by atoms with Crippen LogP contribution >= 0.6 is 23.2 Å². The van der Waals surface area contributed by atoms with Crippen LogP contribution in [0.25, 0.3) is 10.9 Å². The monoisotopic (exact) mass is 415 g/mol. The summed E-state index contributed by atoms with van der Waals surface area (Å²) in [5.74, 6) is -0.698. The summed E-state index contributed by atoms with van der Waals surface area (Å²) in [6.07, 6.45) is -3.47. The van der Waals surface area contributed by atoms with Gasteiger partial charge in [-0.05, 0) is 36.4 Å². The lowest BCUT2D eigenvalue weighted by Crippen LogP contribution is -2.28. The summed E-state index contributed by atoms with van der Waals surface area (Å²) < 4.78 is 39.7. The van der Waals surface area contributed by atoms with Crippen LogP contribution in [0.1, 0.15) is 5.56 Å². The lowest BCUT2D eigenvalue weighted by atomic mass is 10.2. The van der Waals surface area contributed by atoms with E-state index in [1.165, 1.54) is 18.5 Å². The third-order valence-corrected chi connectivity index (χ3v) is 4.22. The predicted octanol–water partition coefficient (Wildman–Crippen LogP) is 4.36. The Kier molecular flexibility index (Phi) is 5.12. The first kappa shape index (κ1) is 19.2. The molecule has 0 atom stereocenters. The molecule has 0 saturated heterocycles. The number of rotatable bonds is 3. The van der Waals surface area contributed by atoms with E-state index < -0.39 is 34.8 Å². The SMILES string of the molecule is O=C(Cn1cnc2ccc(Cl)cc2c1=O)Nc1ccc(Cl)c(C(F)(F)F)c1. The molecule has 0 aliphatic rings. The number of halogens is 5. The maximum atomic E-state index is 12.9. The summed E-state index contributed by atoms with van der Waals surface area (Å²) in [6, 6.07) is 7.56. The second-order valence-corrected chi connectivity index (χ2v) is 6.42. The molecule has 10 heteroatoms. The molecule has 0 unspecified atom stereocenters. The van der Waals surface area contributed by atoms with Gasteiger partial charge in [-0.1, -0.05) is 23.2 Å². The molecule has 5 nitrogen and oxygen atoms in total. The molecule has 27 heavy (non-hydrogen) atoms. The Balaban J connectivity index is 1.84. The number of fused-ring (bicyclic) bond motifs is 1. The van der Waals surface area contributed by atoms with Gasteiger partial charge in [0, 0.05) is 10.7 Å². The number of alkyl halides is 3. The number of aromatic nitrogens is 2. The van der Waals surface area contributed by atoms with Crippen LogP contribution in [0.5, 0.6) is 0 Å². The Labute approximate surface area is 160 Å². The van der Waals surface area contributed by atoms with Gasteiger partial charge in [-0.2, -0.15) is 13.2 Å². The molecule has 0 bridgehead atoms. The van der Waals surface area contributed by atoms with E-state index in [4.69, 9.17) is 23.2 Å². The molecular formula is C17H10Cl2F3N3O2. The number of nitrogens with zero attached hydrogens (tertiary/aromatic N) is 2. The summed E-state index contributed by atoms with van der Waals surface area (Å²) in [5.41, 5.74) is -1.25. The molecule has 3 rings (SSSR count). The fraction of sp³-hybridized carbons (Fsp3) is 0.118. The summed E-state index contributed by atoms with van der Waals surface area (Å²) in [7, 11) is 0. The first-order valence-electron chi connectivity index (χ1n) is 7.46. The minimum absolute atomic E-state index is 0.0958. The number of carbonyl (C=O) groups excluding carboxylic acids is 1. The number of amides is 1. The standard InChI is InChI=1S/C17H10Cl2F3N3O2/c18-9-1-4-14-11(5-9)16(27)25(8-23-14)7-15(26)24-10-2-3-13(19)12(6-10)17(20,21)22/h1-6,8H,7H2,(H,24,26). The Morgan fingerprint density at radius 3 is 2.59 bits per heavy atom. The van der Waals surface area contributed by atoms with Crippen LogP contribution in [-0.2, 0) is 17.5 Å². The van der Waals surface area contributed by atoms with Gasteiger partial charge in [-0.25, -0.2) is 4.98 Å². The summed E-state index contributed by atoms with van der Waals surface area (Å²) >= 11 is 11.4. The van der Waals surface area contributed by atoms with Crippen LogP contribution in [0, 0.1) is 0 Å². The highest BCUT2D eigenvalue weighted by atomic mass is 35.5. The van der Waals surface area contributed by atoms with Crippen molar-refractivity contribution < 1.29 is 18.0 Å². The Morgan fingerprint density at radius 1 is 1.15 bits per heavy atom. The maximum absolute atomic E-state index is 12.9. The molecule has 0 aliphatic heterocycles. The third-order valence-electron chi connectivity index (χ3n) is 3.66. The second kappa shape index (κ2) is 7.21. The fourth-order valence-electron chi connectivity index (χ4n) is 2.42. The zero-order valence-corrected chi connectivity index (χ0v) is 14.9. The van der Waals surface area contributed by atoms with E-state index in [-0.39, 0.29) is 11.1 Å². The number of carbonyl (C=O) groups is 1. The molecule has 1 aromatic heterocycles. The predicted molar refractivity (Wildman–Crippen MR) is 96.1 cm³/mol. The van der Waals surface area contributed by atoms with Gasteiger partial charge in [0.15, 0.2) is 0 Å². The van der Waals surface area contributed by atoms with Gasteiger partial charge in [0.2, 0.25) is 5.91 Å². The molecule has 0 aliphatic carbocycles. The summed E-state index contributed by atoms with van der Waals surface area (Å²) in [4.78, 5) is 28.6. The summed E-state index contributed by atoms with van der Waals surface area (Å²) in [5, 5.41) is 2.39. The van der Waals surface area contributed by atoms with Crippen LogP contribution in [0.15, 0.2) is 47.5 Å². The number of nitrogens with one attached hydrogen (secondary N) is 1. The van der Waals surface area contributed by atoms with Gasteiger partial charge < -0.3 is 5.32 Å². The van der Waals surface area contributed by atoms with Gasteiger partial charge in [0.05, 0.1) is 27.8 Å². The first-order chi connectivity index (χ1) is 12.6. The van der Waals surface area contributed by atoms with E-state index in [1.54, 1.807) is 12.1 Å². The van der Waals surface area contributed by atoms with Gasteiger partial charge >= 0.3 is 6.18 Å². The van der Waals surface area contributed by atoms with E-state index in [9.17, 15) is 22.8 Å². The van der Waals surface area contributed by atoms with Gasteiger partial charge in [-0.3, -0.25) is 14.2 Å². The molecule has 1 N–H and O–H groups in total. The quantitative estimate of drug-likeness (QED) is 0.690. The Hall–Kier alpha value is -2.58. The van der Waals surface area contributed by atoms with Crippen LogP contribution in [0.4, 0.5) is 18.9 Å². The molecular weight excluding hydrogens is 406 g/mol. The van der Waals surface area contributed by atoms with Crippen LogP contribution in [0.2, 0.25) is 10.0 Å². The van der Waals surface area contributed by atoms with Crippen molar-refractivity contribution in [3.63, 3.8) is 0 Å². The van der Waals surface area contributed by atoms with Crippen molar-refractivity contribution in [2.75, 3.05) is 5.32 Å². The molecule has 3 aromatic rings. The van der Waals surface area contributed by atoms with E-state index in [2.05, 4.69) is 10.3 Å². The Bertz CT molecular complexity index is 1100. The minimum atomic E-state index is -4.66. The zero-order chi connectivity index (χ0) is 19.8. The normalized spacial score (nSPS) is 11.6. The minimum Gasteiger partial charge on any atom is -0.325 e. The largest absolute Gasteiger partial charge is 0.417 e. The van der Waals surface area contributed by atoms with Gasteiger partial charge in [0.1, 0.15) is 6.54 Å². The molecule has 0 fully saturated rings. The maximum Gasteiger partial charge on any atom is 0.417 e. The van der Waals surface area contributed by atoms with Crippen LogP contribution in [0.3, 0.4) is 0 Å². The average Bonchev–Trinajstić information content (AvgIpc) is 2.58. The number of hydrogen-bond donors (Lipinski definition) is 1. The average molecular weight is 416 g/mol. The van der Waals surface area contributed by atoms with Crippen molar-refractivity contribution >= 4 is 45.7 Å². The van der Waals surface area contributed by atoms with Crippen molar-refractivity contribution in [1.82, 2.24) is 9.55 Å². The third kappa shape index (κ3) is 4.23. The molecule has 0 spiro atoms. The van der Waals surface area contributed by atoms with Crippen molar-refractivity contribution in [3.8, 4) is 0 Å².